The van der Waals surface area contributed by atoms with Gasteiger partial charge in [-0.1, -0.05) is 18.2 Å². The molecule has 6 nitrogen and oxygen atoms in total. The number of para-hydroxylation sites is 1. The summed E-state index contributed by atoms with van der Waals surface area (Å²) in [5, 5.41) is 2.71. The fourth-order valence-corrected chi connectivity index (χ4v) is 4.50. The van der Waals surface area contributed by atoms with E-state index in [1.165, 1.54) is 12.1 Å². The van der Waals surface area contributed by atoms with E-state index in [1.807, 2.05) is 31.2 Å². The van der Waals surface area contributed by atoms with Crippen LogP contribution in [0.1, 0.15) is 12.5 Å². The number of carbonyl (C=O) groups is 1. The highest BCUT2D eigenvalue weighted by Gasteiger charge is 2.27. The summed E-state index contributed by atoms with van der Waals surface area (Å²) in [6.07, 6.45) is 0. The minimum atomic E-state index is -4.22. The number of rotatable bonds is 9. The number of halogens is 2. The molecule has 0 aliphatic rings. The Morgan fingerprint density at radius 3 is 2.15 bits per heavy atom. The zero-order chi connectivity index (χ0) is 24.0. The van der Waals surface area contributed by atoms with Crippen LogP contribution in [0.5, 0.6) is 5.75 Å². The first-order valence-electron chi connectivity index (χ1n) is 10.2. The normalized spacial score (nSPS) is 12.1. The maximum absolute atomic E-state index is 13.4. The van der Waals surface area contributed by atoms with Crippen molar-refractivity contribution < 1.29 is 26.7 Å². The molecule has 0 aliphatic heterocycles. The first-order chi connectivity index (χ1) is 15.7. The Balaban J connectivity index is 1.75. The van der Waals surface area contributed by atoms with E-state index in [1.54, 1.807) is 6.92 Å². The zero-order valence-corrected chi connectivity index (χ0v) is 19.0. The monoisotopic (exact) mass is 474 g/mol. The van der Waals surface area contributed by atoms with Crippen LogP contribution >= 0.6 is 0 Å². The molecule has 0 radical (unpaired) electrons. The molecule has 0 aromatic heterocycles. The summed E-state index contributed by atoms with van der Waals surface area (Å²) in [5.41, 5.74) is 1.04. The van der Waals surface area contributed by atoms with E-state index in [4.69, 9.17) is 4.74 Å². The molecule has 0 saturated heterocycles. The predicted octanol–water partition coefficient (Wildman–Crippen LogP) is 4.05. The van der Waals surface area contributed by atoms with Gasteiger partial charge in [0.2, 0.25) is 5.91 Å². The maximum atomic E-state index is 13.4. The number of hydrogen-bond donors (Lipinski definition) is 1. The highest BCUT2D eigenvalue weighted by Crippen LogP contribution is 2.24. The number of benzene rings is 3. The van der Waals surface area contributed by atoms with Crippen LogP contribution in [0.4, 0.5) is 14.5 Å². The Morgan fingerprint density at radius 2 is 1.55 bits per heavy atom. The number of aryl methyl sites for hydroxylation is 1. The molecule has 9 heteroatoms. The van der Waals surface area contributed by atoms with E-state index in [0.29, 0.717) is 5.75 Å². The van der Waals surface area contributed by atoms with Gasteiger partial charge in [-0.3, -0.25) is 9.10 Å². The molecule has 0 saturated carbocycles. The van der Waals surface area contributed by atoms with Gasteiger partial charge in [-0.15, -0.1) is 0 Å². The topological polar surface area (TPSA) is 75.7 Å². The van der Waals surface area contributed by atoms with Gasteiger partial charge in [0, 0.05) is 0 Å². The van der Waals surface area contributed by atoms with Crippen LogP contribution in [0.3, 0.4) is 0 Å². The fourth-order valence-electron chi connectivity index (χ4n) is 3.08. The molecule has 0 heterocycles. The molecule has 1 unspecified atom stereocenters. The van der Waals surface area contributed by atoms with E-state index in [0.717, 1.165) is 46.3 Å². The number of hydrogen-bond acceptors (Lipinski definition) is 4. The molecule has 0 fully saturated rings. The van der Waals surface area contributed by atoms with Crippen molar-refractivity contribution in [1.29, 1.82) is 0 Å². The Hall–Kier alpha value is -3.46. The minimum Gasteiger partial charge on any atom is -0.491 e. The van der Waals surface area contributed by atoms with Crippen LogP contribution in [0, 0.1) is 18.6 Å². The van der Waals surface area contributed by atoms with Gasteiger partial charge < -0.3 is 10.1 Å². The van der Waals surface area contributed by atoms with Gasteiger partial charge in [0.1, 0.15) is 30.5 Å². The molecule has 0 spiro atoms. The van der Waals surface area contributed by atoms with Crippen LogP contribution in [-0.2, 0) is 14.8 Å². The molecule has 174 valence electrons. The highest BCUT2D eigenvalue weighted by molar-refractivity contribution is 7.92. The smallest absolute Gasteiger partial charge is 0.264 e. The lowest BCUT2D eigenvalue weighted by Gasteiger charge is -2.25. The molecule has 0 aliphatic carbocycles. The first-order valence-corrected chi connectivity index (χ1v) is 11.6. The van der Waals surface area contributed by atoms with Crippen LogP contribution in [0.2, 0.25) is 0 Å². The lowest BCUT2D eigenvalue weighted by atomic mass is 10.2. The average Bonchev–Trinajstić information content (AvgIpc) is 2.78. The standard InChI is InChI=1S/C24H24F2N2O4S/c1-17-5-3-4-6-23(17)32-16-18(2)27-24(29)15-28(21-11-7-19(25)8-12-21)33(30,31)22-13-9-20(26)10-14-22/h3-14,18H,15-16H2,1-2H3,(H,27,29). The van der Waals surface area contributed by atoms with E-state index >= 15 is 0 Å². The second kappa shape index (κ2) is 10.4. The number of sulfonamides is 1. The summed E-state index contributed by atoms with van der Waals surface area (Å²) >= 11 is 0. The second-order valence-corrected chi connectivity index (χ2v) is 9.35. The minimum absolute atomic E-state index is 0.0969. The largest absolute Gasteiger partial charge is 0.491 e. The summed E-state index contributed by atoms with van der Waals surface area (Å²) in [5.74, 6) is -1.04. The zero-order valence-electron chi connectivity index (χ0n) is 18.2. The van der Waals surface area contributed by atoms with Gasteiger partial charge in [-0.25, -0.2) is 17.2 Å². The number of nitrogens with one attached hydrogen (secondary N) is 1. The number of amides is 1. The van der Waals surface area contributed by atoms with Gasteiger partial charge in [0.25, 0.3) is 10.0 Å². The molecule has 1 atom stereocenters. The van der Waals surface area contributed by atoms with Crippen molar-refractivity contribution in [3.8, 4) is 5.75 Å². The van der Waals surface area contributed by atoms with E-state index in [-0.39, 0.29) is 17.2 Å². The summed E-state index contributed by atoms with van der Waals surface area (Å²) in [7, 11) is -4.22. The number of carbonyl (C=O) groups excluding carboxylic acids is 1. The van der Waals surface area contributed by atoms with Gasteiger partial charge in [0.05, 0.1) is 16.6 Å². The maximum Gasteiger partial charge on any atom is 0.264 e. The molecular weight excluding hydrogens is 450 g/mol. The van der Waals surface area contributed by atoms with Crippen molar-refractivity contribution in [2.75, 3.05) is 17.5 Å². The van der Waals surface area contributed by atoms with Crippen molar-refractivity contribution in [1.82, 2.24) is 5.32 Å². The molecule has 0 bridgehead atoms. The number of ether oxygens (including phenoxy) is 1. The van der Waals surface area contributed by atoms with Crippen molar-refractivity contribution in [3.63, 3.8) is 0 Å². The van der Waals surface area contributed by atoms with Gasteiger partial charge >= 0.3 is 0 Å². The molecule has 1 N–H and O–H groups in total. The number of anilines is 1. The predicted molar refractivity (Wildman–Crippen MR) is 122 cm³/mol. The van der Waals surface area contributed by atoms with E-state index in [9.17, 15) is 22.0 Å². The lowest BCUT2D eigenvalue weighted by molar-refractivity contribution is -0.120. The third-order valence-electron chi connectivity index (χ3n) is 4.79. The van der Waals surface area contributed by atoms with Crippen LogP contribution in [0.25, 0.3) is 0 Å². The summed E-state index contributed by atoms with van der Waals surface area (Å²) in [4.78, 5) is 12.5. The third kappa shape index (κ3) is 6.29. The van der Waals surface area contributed by atoms with Gasteiger partial charge in [0.15, 0.2) is 0 Å². The van der Waals surface area contributed by atoms with Crippen molar-refractivity contribution in [2.45, 2.75) is 24.8 Å². The summed E-state index contributed by atoms with van der Waals surface area (Å²) in [6, 6.07) is 16.0. The summed E-state index contributed by atoms with van der Waals surface area (Å²) in [6.45, 7) is 3.25. The molecule has 3 aromatic carbocycles. The summed E-state index contributed by atoms with van der Waals surface area (Å²) < 4.78 is 59.7. The van der Waals surface area contributed by atoms with Crippen LogP contribution in [-0.4, -0.2) is 33.5 Å². The van der Waals surface area contributed by atoms with Crippen LogP contribution in [0.15, 0.2) is 77.7 Å². The molecule has 33 heavy (non-hydrogen) atoms. The number of nitrogens with zero attached hydrogens (tertiary/aromatic N) is 1. The Kier molecular flexibility index (Phi) is 7.65. The third-order valence-corrected chi connectivity index (χ3v) is 6.58. The molecular formula is C24H24F2N2O4S. The molecule has 3 rings (SSSR count). The average molecular weight is 475 g/mol. The Labute approximate surface area is 191 Å². The SMILES string of the molecule is Cc1ccccc1OCC(C)NC(=O)CN(c1ccc(F)cc1)S(=O)(=O)c1ccc(F)cc1. The second-order valence-electron chi connectivity index (χ2n) is 7.49. The van der Waals surface area contributed by atoms with Crippen molar-refractivity contribution in [2.24, 2.45) is 0 Å². The van der Waals surface area contributed by atoms with Gasteiger partial charge in [-0.2, -0.15) is 0 Å². The molecule has 3 aromatic rings. The van der Waals surface area contributed by atoms with Gasteiger partial charge in [-0.05, 0) is 74.0 Å². The fraction of sp³-hybridized carbons (Fsp3) is 0.208. The van der Waals surface area contributed by atoms with Crippen molar-refractivity contribution in [3.05, 3.63) is 90.0 Å². The van der Waals surface area contributed by atoms with E-state index in [2.05, 4.69) is 5.32 Å². The van der Waals surface area contributed by atoms with E-state index < -0.39 is 40.2 Å². The van der Waals surface area contributed by atoms with Crippen LogP contribution < -0.4 is 14.4 Å². The first kappa shape index (κ1) is 24.2. The Bertz CT molecular complexity index is 1200. The molecule has 1 amide bonds. The quantitative estimate of drug-likeness (QED) is 0.508. The lowest BCUT2D eigenvalue weighted by Crippen LogP contribution is -2.45. The highest BCUT2D eigenvalue weighted by atomic mass is 32.2. The van der Waals surface area contributed by atoms with Crippen molar-refractivity contribution >= 4 is 21.6 Å². The Morgan fingerprint density at radius 1 is 0.970 bits per heavy atom.